The minimum Gasteiger partial charge on any atom is -0.493 e. The first kappa shape index (κ1) is 16.0. The molecular weight excluding hydrogens is 278 g/mol. The molecule has 6 heteroatoms. The van der Waals surface area contributed by atoms with Crippen LogP contribution < -0.4 is 14.8 Å². The van der Waals surface area contributed by atoms with Crippen LogP contribution in [-0.2, 0) is 6.54 Å². The molecule has 1 aliphatic rings. The third-order valence-corrected chi connectivity index (χ3v) is 3.72. The molecule has 2 rings (SSSR count). The maximum absolute atomic E-state index is 12.5. The predicted octanol–water partition coefficient (Wildman–Crippen LogP) is 2.34. The molecule has 0 bridgehead atoms. The smallest absolute Gasteiger partial charge is 0.387 e. The van der Waals surface area contributed by atoms with Gasteiger partial charge < -0.3 is 19.7 Å². The lowest BCUT2D eigenvalue weighted by Gasteiger charge is -2.16. The molecule has 118 valence electrons. The molecule has 0 aliphatic carbocycles. The van der Waals surface area contributed by atoms with Crippen molar-refractivity contribution in [2.24, 2.45) is 5.92 Å². The average Bonchev–Trinajstić information content (AvgIpc) is 2.85. The van der Waals surface area contributed by atoms with Crippen molar-refractivity contribution >= 4 is 0 Å². The Morgan fingerprint density at radius 1 is 1.43 bits per heavy atom. The number of hydrogen-bond acceptors (Lipinski definition) is 4. The van der Waals surface area contributed by atoms with Crippen molar-refractivity contribution in [1.29, 1.82) is 0 Å². The molecule has 1 fully saturated rings. The SMILES string of the molecule is COc1cccc(CNCC2CCN(C)C2)c1OC(F)F. The first-order valence-electron chi connectivity index (χ1n) is 7.10. The Balaban J connectivity index is 1.95. The lowest BCUT2D eigenvalue weighted by Crippen LogP contribution is -2.25. The van der Waals surface area contributed by atoms with Gasteiger partial charge >= 0.3 is 6.61 Å². The Morgan fingerprint density at radius 2 is 2.24 bits per heavy atom. The van der Waals surface area contributed by atoms with Crippen molar-refractivity contribution in [2.75, 3.05) is 33.8 Å². The van der Waals surface area contributed by atoms with Gasteiger partial charge in [0.1, 0.15) is 0 Å². The van der Waals surface area contributed by atoms with Crippen LogP contribution in [0.4, 0.5) is 8.78 Å². The maximum Gasteiger partial charge on any atom is 0.387 e. The molecule has 1 aromatic carbocycles. The Morgan fingerprint density at radius 3 is 2.86 bits per heavy atom. The average molecular weight is 300 g/mol. The molecule has 0 aromatic heterocycles. The fraction of sp³-hybridized carbons (Fsp3) is 0.600. The zero-order chi connectivity index (χ0) is 15.2. The summed E-state index contributed by atoms with van der Waals surface area (Å²) < 4.78 is 34.7. The van der Waals surface area contributed by atoms with Gasteiger partial charge in [-0.25, -0.2) is 0 Å². The van der Waals surface area contributed by atoms with Gasteiger partial charge in [0.2, 0.25) is 0 Å². The minimum absolute atomic E-state index is 0.117. The fourth-order valence-corrected chi connectivity index (χ4v) is 2.69. The molecule has 1 saturated heterocycles. The highest BCUT2D eigenvalue weighted by Gasteiger charge is 2.19. The van der Waals surface area contributed by atoms with Crippen molar-refractivity contribution < 1.29 is 18.3 Å². The van der Waals surface area contributed by atoms with E-state index >= 15 is 0 Å². The van der Waals surface area contributed by atoms with Crippen molar-refractivity contribution in [3.63, 3.8) is 0 Å². The summed E-state index contributed by atoms with van der Waals surface area (Å²) in [6, 6.07) is 5.17. The molecule has 1 N–H and O–H groups in total. The molecule has 1 atom stereocenters. The van der Waals surface area contributed by atoms with Gasteiger partial charge in [0, 0.05) is 18.7 Å². The van der Waals surface area contributed by atoms with E-state index in [1.54, 1.807) is 18.2 Å². The van der Waals surface area contributed by atoms with E-state index < -0.39 is 6.61 Å². The van der Waals surface area contributed by atoms with Crippen molar-refractivity contribution in [1.82, 2.24) is 10.2 Å². The highest BCUT2D eigenvalue weighted by molar-refractivity contribution is 5.46. The number of nitrogens with zero attached hydrogens (tertiary/aromatic N) is 1. The summed E-state index contributed by atoms with van der Waals surface area (Å²) in [6.45, 7) is 0.690. The molecule has 0 amide bonds. The van der Waals surface area contributed by atoms with E-state index in [9.17, 15) is 8.78 Å². The molecule has 1 aromatic rings. The van der Waals surface area contributed by atoms with Gasteiger partial charge in [-0.1, -0.05) is 12.1 Å². The molecule has 0 spiro atoms. The Labute approximate surface area is 124 Å². The molecule has 1 heterocycles. The molecule has 1 unspecified atom stereocenters. The molecule has 21 heavy (non-hydrogen) atoms. The lowest BCUT2D eigenvalue weighted by molar-refractivity contribution is -0.0518. The first-order chi connectivity index (χ1) is 10.1. The third kappa shape index (κ3) is 4.54. The lowest BCUT2D eigenvalue weighted by atomic mass is 10.1. The predicted molar refractivity (Wildman–Crippen MR) is 76.9 cm³/mol. The highest BCUT2D eigenvalue weighted by Crippen LogP contribution is 2.32. The van der Waals surface area contributed by atoms with Crippen LogP contribution in [0.2, 0.25) is 0 Å². The summed E-state index contributed by atoms with van der Waals surface area (Å²) in [6.07, 6.45) is 1.17. The monoisotopic (exact) mass is 300 g/mol. The Kier molecular flexibility index (Phi) is 5.76. The molecule has 0 saturated carbocycles. The quantitative estimate of drug-likeness (QED) is 0.838. The number of benzene rings is 1. The number of para-hydroxylation sites is 1. The number of nitrogens with one attached hydrogen (secondary N) is 1. The van der Waals surface area contributed by atoms with Crippen LogP contribution in [0.1, 0.15) is 12.0 Å². The number of ether oxygens (including phenoxy) is 2. The van der Waals surface area contributed by atoms with Crippen molar-refractivity contribution in [3.05, 3.63) is 23.8 Å². The number of halogens is 2. The third-order valence-electron chi connectivity index (χ3n) is 3.72. The van der Waals surface area contributed by atoms with E-state index in [0.717, 1.165) is 19.6 Å². The summed E-state index contributed by atoms with van der Waals surface area (Å²) in [5.74, 6) is 1.06. The molecule has 0 radical (unpaired) electrons. The number of methoxy groups -OCH3 is 1. The van der Waals surface area contributed by atoms with Crippen LogP contribution in [0.3, 0.4) is 0 Å². The molecule has 4 nitrogen and oxygen atoms in total. The van der Waals surface area contributed by atoms with Gasteiger partial charge in [0.05, 0.1) is 7.11 Å². The number of alkyl halides is 2. The largest absolute Gasteiger partial charge is 0.493 e. The number of hydrogen-bond donors (Lipinski definition) is 1. The summed E-state index contributed by atoms with van der Waals surface area (Å²) in [5, 5.41) is 3.32. The van der Waals surface area contributed by atoms with Crippen LogP contribution in [0.15, 0.2) is 18.2 Å². The van der Waals surface area contributed by atoms with E-state index in [1.165, 1.54) is 13.5 Å². The van der Waals surface area contributed by atoms with E-state index in [2.05, 4.69) is 22.0 Å². The Hall–Kier alpha value is -1.40. The molecule has 1 aliphatic heterocycles. The summed E-state index contributed by atoms with van der Waals surface area (Å²) in [4.78, 5) is 2.29. The van der Waals surface area contributed by atoms with Crippen LogP contribution in [0, 0.1) is 5.92 Å². The van der Waals surface area contributed by atoms with E-state index in [1.807, 2.05) is 0 Å². The van der Waals surface area contributed by atoms with Crippen LogP contribution in [0.5, 0.6) is 11.5 Å². The normalized spacial score (nSPS) is 19.2. The van der Waals surface area contributed by atoms with Crippen LogP contribution >= 0.6 is 0 Å². The Bertz CT molecular complexity index is 457. The van der Waals surface area contributed by atoms with E-state index in [0.29, 0.717) is 23.8 Å². The van der Waals surface area contributed by atoms with Gasteiger partial charge in [0.15, 0.2) is 11.5 Å². The second-order valence-corrected chi connectivity index (χ2v) is 5.37. The minimum atomic E-state index is -2.86. The van der Waals surface area contributed by atoms with Crippen molar-refractivity contribution in [2.45, 2.75) is 19.6 Å². The van der Waals surface area contributed by atoms with Gasteiger partial charge in [-0.3, -0.25) is 0 Å². The number of likely N-dealkylation sites (tertiary alicyclic amines) is 1. The first-order valence-corrected chi connectivity index (χ1v) is 7.10. The molecular formula is C15H22F2N2O2. The van der Waals surface area contributed by atoms with Gasteiger partial charge in [-0.15, -0.1) is 0 Å². The van der Waals surface area contributed by atoms with E-state index in [-0.39, 0.29) is 5.75 Å². The van der Waals surface area contributed by atoms with Crippen molar-refractivity contribution in [3.8, 4) is 11.5 Å². The van der Waals surface area contributed by atoms with Crippen LogP contribution in [0.25, 0.3) is 0 Å². The fourth-order valence-electron chi connectivity index (χ4n) is 2.69. The topological polar surface area (TPSA) is 33.7 Å². The van der Waals surface area contributed by atoms with Gasteiger partial charge in [-0.2, -0.15) is 8.78 Å². The van der Waals surface area contributed by atoms with E-state index in [4.69, 9.17) is 4.74 Å². The summed E-state index contributed by atoms with van der Waals surface area (Å²) in [5.41, 5.74) is 0.681. The second-order valence-electron chi connectivity index (χ2n) is 5.37. The standard InChI is InChI=1S/C15H22F2N2O2/c1-19-7-6-11(10-19)8-18-9-12-4-3-5-13(20-2)14(12)21-15(16)17/h3-5,11,15,18H,6-10H2,1-2H3. The second kappa shape index (κ2) is 7.56. The highest BCUT2D eigenvalue weighted by atomic mass is 19.3. The zero-order valence-electron chi connectivity index (χ0n) is 12.4. The summed E-state index contributed by atoms with van der Waals surface area (Å²) in [7, 11) is 3.55. The van der Waals surface area contributed by atoms with Gasteiger partial charge in [-0.05, 0) is 38.5 Å². The van der Waals surface area contributed by atoms with Crippen LogP contribution in [-0.4, -0.2) is 45.3 Å². The maximum atomic E-state index is 12.5. The van der Waals surface area contributed by atoms with Gasteiger partial charge in [0.25, 0.3) is 0 Å². The summed E-state index contributed by atoms with van der Waals surface area (Å²) >= 11 is 0. The zero-order valence-corrected chi connectivity index (χ0v) is 12.4. The number of rotatable bonds is 7.